The molecule has 1 atom stereocenters. The highest BCUT2D eigenvalue weighted by atomic mass is 16.5. The molecular formula is C8H9NO2. The Bertz CT molecular complexity index is 285. The van der Waals surface area contributed by atoms with Crippen molar-refractivity contribution in [2.75, 3.05) is 6.61 Å². The number of hydrogen-bond acceptors (Lipinski definition) is 3. The molecule has 1 unspecified atom stereocenters. The Hall–Kier alpha value is -1.22. The Morgan fingerprint density at radius 2 is 2.36 bits per heavy atom. The minimum Gasteiger partial charge on any atom is -0.508 e. The molecule has 0 amide bonds. The van der Waals surface area contributed by atoms with E-state index in [9.17, 15) is 0 Å². The Morgan fingerprint density at radius 1 is 1.55 bits per heavy atom. The van der Waals surface area contributed by atoms with E-state index in [2.05, 4.69) is 0 Å². The highest BCUT2D eigenvalue weighted by molar-refractivity contribution is 5.43. The minimum absolute atomic E-state index is 0.0860. The molecule has 11 heavy (non-hydrogen) atoms. The summed E-state index contributed by atoms with van der Waals surface area (Å²) in [6.07, 6.45) is 0. The lowest BCUT2D eigenvalue weighted by molar-refractivity contribution is 0.333. The molecule has 3 N–H and O–H groups in total. The molecule has 0 spiro atoms. The third-order valence-electron chi connectivity index (χ3n) is 1.81. The summed E-state index contributed by atoms with van der Waals surface area (Å²) in [7, 11) is 0. The molecule has 3 nitrogen and oxygen atoms in total. The number of phenolic OH excluding ortho intramolecular Hbond substituents is 1. The molecule has 0 fully saturated rings. The second-order valence-electron chi connectivity index (χ2n) is 2.64. The summed E-state index contributed by atoms with van der Waals surface area (Å²) in [6, 6.07) is 4.89. The van der Waals surface area contributed by atoms with Gasteiger partial charge in [0.05, 0.1) is 6.04 Å². The summed E-state index contributed by atoms with van der Waals surface area (Å²) in [5.74, 6) is 1.03. The molecule has 58 valence electrons. The fraction of sp³-hybridized carbons (Fsp3) is 0.250. The Labute approximate surface area is 64.4 Å². The van der Waals surface area contributed by atoms with E-state index in [0.29, 0.717) is 6.61 Å². The highest BCUT2D eigenvalue weighted by Gasteiger charge is 2.20. The highest BCUT2D eigenvalue weighted by Crippen LogP contribution is 2.32. The maximum absolute atomic E-state index is 9.10. The quantitative estimate of drug-likeness (QED) is 0.576. The van der Waals surface area contributed by atoms with Crippen LogP contribution in [-0.2, 0) is 0 Å². The first kappa shape index (κ1) is 6.49. The minimum atomic E-state index is -0.0860. The number of fused-ring (bicyclic) bond motifs is 1. The number of ether oxygens (including phenoxy) is 1. The van der Waals surface area contributed by atoms with Gasteiger partial charge in [-0.15, -0.1) is 0 Å². The number of hydrogen-bond donors (Lipinski definition) is 2. The van der Waals surface area contributed by atoms with Gasteiger partial charge in [-0.05, 0) is 18.2 Å². The fourth-order valence-electron chi connectivity index (χ4n) is 1.23. The molecular weight excluding hydrogens is 142 g/mol. The molecule has 0 aromatic heterocycles. The van der Waals surface area contributed by atoms with Gasteiger partial charge >= 0.3 is 0 Å². The molecule has 0 radical (unpaired) electrons. The van der Waals surface area contributed by atoms with E-state index in [1.165, 1.54) is 0 Å². The van der Waals surface area contributed by atoms with Crippen LogP contribution in [0.25, 0.3) is 0 Å². The molecule has 3 heteroatoms. The van der Waals surface area contributed by atoms with Gasteiger partial charge in [0, 0.05) is 5.56 Å². The smallest absolute Gasteiger partial charge is 0.124 e. The summed E-state index contributed by atoms with van der Waals surface area (Å²) in [5.41, 5.74) is 6.57. The summed E-state index contributed by atoms with van der Waals surface area (Å²) in [5, 5.41) is 9.10. The van der Waals surface area contributed by atoms with Crippen LogP contribution < -0.4 is 10.5 Å². The van der Waals surface area contributed by atoms with Crippen LogP contribution in [0.3, 0.4) is 0 Å². The number of nitrogens with two attached hydrogens (primary N) is 1. The Balaban J connectivity index is 2.52. The third-order valence-corrected chi connectivity index (χ3v) is 1.81. The van der Waals surface area contributed by atoms with Crippen molar-refractivity contribution in [1.82, 2.24) is 0 Å². The molecule has 2 rings (SSSR count). The van der Waals surface area contributed by atoms with E-state index in [-0.39, 0.29) is 11.8 Å². The SMILES string of the molecule is NC1COc2ccc(O)cc21. The van der Waals surface area contributed by atoms with E-state index >= 15 is 0 Å². The van der Waals surface area contributed by atoms with Gasteiger partial charge in [-0.25, -0.2) is 0 Å². The summed E-state index contributed by atoms with van der Waals surface area (Å²) in [6.45, 7) is 0.513. The van der Waals surface area contributed by atoms with Crippen molar-refractivity contribution < 1.29 is 9.84 Å². The molecule has 1 aliphatic rings. The Morgan fingerprint density at radius 3 is 3.18 bits per heavy atom. The third kappa shape index (κ3) is 0.935. The van der Waals surface area contributed by atoms with Crippen molar-refractivity contribution in [3.05, 3.63) is 23.8 Å². The van der Waals surface area contributed by atoms with Crippen molar-refractivity contribution in [2.45, 2.75) is 6.04 Å². The van der Waals surface area contributed by atoms with Crippen LogP contribution >= 0.6 is 0 Å². The van der Waals surface area contributed by atoms with E-state index in [0.717, 1.165) is 11.3 Å². The average Bonchev–Trinajstić information content (AvgIpc) is 2.33. The number of rotatable bonds is 0. The van der Waals surface area contributed by atoms with Crippen LogP contribution in [0.1, 0.15) is 11.6 Å². The van der Waals surface area contributed by atoms with Crippen LogP contribution in [-0.4, -0.2) is 11.7 Å². The first-order chi connectivity index (χ1) is 5.27. The van der Waals surface area contributed by atoms with Gasteiger partial charge in [0.15, 0.2) is 0 Å². The van der Waals surface area contributed by atoms with Gasteiger partial charge in [0.2, 0.25) is 0 Å². The van der Waals surface area contributed by atoms with Crippen LogP contribution in [0.4, 0.5) is 0 Å². The lowest BCUT2D eigenvalue weighted by Gasteiger charge is -1.99. The van der Waals surface area contributed by atoms with Gasteiger partial charge in [0.25, 0.3) is 0 Å². The zero-order chi connectivity index (χ0) is 7.84. The zero-order valence-electron chi connectivity index (χ0n) is 5.95. The molecule has 0 bridgehead atoms. The zero-order valence-corrected chi connectivity index (χ0v) is 5.95. The van der Waals surface area contributed by atoms with Crippen LogP contribution in [0.5, 0.6) is 11.5 Å². The van der Waals surface area contributed by atoms with Crippen LogP contribution in [0.15, 0.2) is 18.2 Å². The van der Waals surface area contributed by atoms with Crippen LogP contribution in [0.2, 0.25) is 0 Å². The van der Waals surface area contributed by atoms with Crippen molar-refractivity contribution in [1.29, 1.82) is 0 Å². The molecule has 1 aliphatic heterocycles. The normalized spacial score (nSPS) is 21.0. The lowest BCUT2D eigenvalue weighted by Crippen LogP contribution is -2.10. The molecule has 1 aromatic carbocycles. The van der Waals surface area contributed by atoms with E-state index < -0.39 is 0 Å². The fourth-order valence-corrected chi connectivity index (χ4v) is 1.23. The topological polar surface area (TPSA) is 55.5 Å². The van der Waals surface area contributed by atoms with Crippen molar-refractivity contribution in [3.63, 3.8) is 0 Å². The first-order valence-corrected chi connectivity index (χ1v) is 3.48. The van der Waals surface area contributed by atoms with Crippen LogP contribution in [0, 0.1) is 0 Å². The maximum atomic E-state index is 9.10. The monoisotopic (exact) mass is 151 g/mol. The van der Waals surface area contributed by atoms with Gasteiger partial charge in [-0.2, -0.15) is 0 Å². The van der Waals surface area contributed by atoms with E-state index in [1.54, 1.807) is 18.2 Å². The molecule has 1 aromatic rings. The molecule has 0 aliphatic carbocycles. The first-order valence-electron chi connectivity index (χ1n) is 3.48. The standard InChI is InChI=1S/C8H9NO2/c9-7-4-11-8-2-1-5(10)3-6(7)8/h1-3,7,10H,4,9H2. The lowest BCUT2D eigenvalue weighted by atomic mass is 10.1. The maximum Gasteiger partial charge on any atom is 0.124 e. The average molecular weight is 151 g/mol. The Kier molecular flexibility index (Phi) is 1.26. The van der Waals surface area contributed by atoms with Gasteiger partial charge < -0.3 is 15.6 Å². The van der Waals surface area contributed by atoms with E-state index in [4.69, 9.17) is 15.6 Å². The predicted octanol–water partition coefficient (Wildman–Crippen LogP) is 0.784. The number of phenols is 1. The molecule has 1 heterocycles. The largest absolute Gasteiger partial charge is 0.508 e. The second-order valence-corrected chi connectivity index (χ2v) is 2.64. The molecule has 0 saturated carbocycles. The van der Waals surface area contributed by atoms with Crippen molar-refractivity contribution in [3.8, 4) is 11.5 Å². The van der Waals surface area contributed by atoms with Crippen molar-refractivity contribution >= 4 is 0 Å². The summed E-state index contributed by atoms with van der Waals surface area (Å²) in [4.78, 5) is 0. The van der Waals surface area contributed by atoms with Gasteiger partial charge in [-0.1, -0.05) is 0 Å². The second kappa shape index (κ2) is 2.13. The van der Waals surface area contributed by atoms with E-state index in [1.807, 2.05) is 0 Å². The summed E-state index contributed by atoms with van der Waals surface area (Å²) >= 11 is 0. The predicted molar refractivity (Wildman–Crippen MR) is 40.5 cm³/mol. The summed E-state index contributed by atoms with van der Waals surface area (Å²) < 4.78 is 5.23. The number of aromatic hydroxyl groups is 1. The van der Waals surface area contributed by atoms with Gasteiger partial charge in [-0.3, -0.25) is 0 Å². The molecule has 0 saturated heterocycles. The van der Waals surface area contributed by atoms with Gasteiger partial charge in [0.1, 0.15) is 18.1 Å². The number of benzene rings is 1. The van der Waals surface area contributed by atoms with Crippen molar-refractivity contribution in [2.24, 2.45) is 5.73 Å².